The van der Waals surface area contributed by atoms with Crippen molar-refractivity contribution in [1.29, 1.82) is 0 Å². The molecule has 4 rings (SSSR count). The first-order chi connectivity index (χ1) is 13.0. The summed E-state index contributed by atoms with van der Waals surface area (Å²) in [5, 5.41) is 0.833. The van der Waals surface area contributed by atoms with Gasteiger partial charge in [0, 0.05) is 41.8 Å². The van der Waals surface area contributed by atoms with E-state index in [1.165, 1.54) is 0 Å². The van der Waals surface area contributed by atoms with Crippen LogP contribution >= 0.6 is 23.2 Å². The van der Waals surface area contributed by atoms with Gasteiger partial charge in [0.05, 0.1) is 5.56 Å². The zero-order chi connectivity index (χ0) is 19.0. The Morgan fingerprint density at radius 3 is 2.15 bits per heavy atom. The molecule has 2 heterocycles. The van der Waals surface area contributed by atoms with Crippen molar-refractivity contribution in [1.82, 2.24) is 9.80 Å². The highest BCUT2D eigenvalue weighted by molar-refractivity contribution is 6.35. The van der Waals surface area contributed by atoms with Gasteiger partial charge >= 0.3 is 0 Å². The minimum atomic E-state index is -0.149. The molecule has 2 aromatic carbocycles. The molecular formula is C19H16Cl2N2O4. The Kier molecular flexibility index (Phi) is 4.85. The number of nitrogens with zero attached hydrogens (tertiary/aromatic N) is 2. The molecule has 1 saturated heterocycles. The molecule has 0 spiro atoms. The van der Waals surface area contributed by atoms with Crippen molar-refractivity contribution in [2.24, 2.45) is 0 Å². The van der Waals surface area contributed by atoms with E-state index in [0.29, 0.717) is 58.9 Å². The Morgan fingerprint density at radius 1 is 0.852 bits per heavy atom. The lowest BCUT2D eigenvalue weighted by Gasteiger charge is -2.35. The SMILES string of the molecule is O=C(c1cc(Cl)cc(Cl)c1)N1CCN(C(=O)c2cccc3c2OCO3)CC1. The number of hydrogen-bond donors (Lipinski definition) is 0. The smallest absolute Gasteiger partial charge is 0.257 e. The van der Waals surface area contributed by atoms with Crippen LogP contribution in [0.2, 0.25) is 10.0 Å². The molecule has 0 unspecified atom stereocenters. The lowest BCUT2D eigenvalue weighted by atomic mass is 10.1. The Labute approximate surface area is 166 Å². The molecule has 2 aliphatic heterocycles. The number of benzene rings is 2. The van der Waals surface area contributed by atoms with Gasteiger partial charge in [0.25, 0.3) is 11.8 Å². The average Bonchev–Trinajstić information content (AvgIpc) is 3.15. The Balaban J connectivity index is 1.44. The van der Waals surface area contributed by atoms with Crippen LogP contribution in [0.3, 0.4) is 0 Å². The highest BCUT2D eigenvalue weighted by Gasteiger charge is 2.29. The summed E-state index contributed by atoms with van der Waals surface area (Å²) in [6.07, 6.45) is 0. The van der Waals surface area contributed by atoms with Crippen molar-refractivity contribution in [2.75, 3.05) is 33.0 Å². The molecule has 6 nitrogen and oxygen atoms in total. The van der Waals surface area contributed by atoms with Crippen molar-refractivity contribution in [3.8, 4) is 11.5 Å². The first-order valence-electron chi connectivity index (χ1n) is 8.46. The molecule has 27 heavy (non-hydrogen) atoms. The quantitative estimate of drug-likeness (QED) is 0.767. The predicted molar refractivity (Wildman–Crippen MR) is 101 cm³/mol. The summed E-state index contributed by atoms with van der Waals surface area (Å²) in [6.45, 7) is 1.85. The van der Waals surface area contributed by atoms with Crippen molar-refractivity contribution in [3.05, 3.63) is 57.6 Å². The van der Waals surface area contributed by atoms with Crippen LogP contribution in [-0.4, -0.2) is 54.6 Å². The molecule has 1 fully saturated rings. The van der Waals surface area contributed by atoms with Crippen LogP contribution in [0.15, 0.2) is 36.4 Å². The van der Waals surface area contributed by atoms with Gasteiger partial charge in [-0.2, -0.15) is 0 Å². The first-order valence-corrected chi connectivity index (χ1v) is 9.22. The van der Waals surface area contributed by atoms with Gasteiger partial charge in [0.1, 0.15) is 0 Å². The lowest BCUT2D eigenvalue weighted by molar-refractivity contribution is 0.0533. The highest BCUT2D eigenvalue weighted by atomic mass is 35.5. The molecule has 8 heteroatoms. The van der Waals surface area contributed by atoms with E-state index in [0.717, 1.165) is 0 Å². The molecule has 0 atom stereocenters. The summed E-state index contributed by atoms with van der Waals surface area (Å²) in [5.74, 6) is 0.779. The van der Waals surface area contributed by atoms with E-state index in [4.69, 9.17) is 32.7 Å². The summed E-state index contributed by atoms with van der Waals surface area (Å²) in [6, 6.07) is 10.0. The van der Waals surface area contributed by atoms with Gasteiger partial charge in [0.2, 0.25) is 6.79 Å². The number of fused-ring (bicyclic) bond motifs is 1. The summed E-state index contributed by atoms with van der Waals surface area (Å²) >= 11 is 12.0. The van der Waals surface area contributed by atoms with E-state index in [1.807, 2.05) is 0 Å². The Bertz CT molecular complexity index is 890. The van der Waals surface area contributed by atoms with Crippen molar-refractivity contribution < 1.29 is 19.1 Å². The Hall–Kier alpha value is -2.44. The standard InChI is InChI=1S/C19H16Cl2N2O4/c20-13-8-12(9-14(21)10-13)18(24)22-4-6-23(7-5-22)19(25)15-2-1-3-16-17(15)27-11-26-16/h1-3,8-10H,4-7,11H2. The number of piperazine rings is 1. The van der Waals surface area contributed by atoms with Crippen LogP contribution < -0.4 is 9.47 Å². The third-order valence-electron chi connectivity index (χ3n) is 4.59. The molecule has 0 aromatic heterocycles. The monoisotopic (exact) mass is 406 g/mol. The number of para-hydroxylation sites is 1. The minimum Gasteiger partial charge on any atom is -0.454 e. The molecule has 0 aliphatic carbocycles. The van der Waals surface area contributed by atoms with Crippen molar-refractivity contribution in [3.63, 3.8) is 0 Å². The fourth-order valence-corrected chi connectivity index (χ4v) is 3.77. The molecule has 0 saturated carbocycles. The number of carbonyl (C=O) groups is 2. The molecule has 2 amide bonds. The predicted octanol–water partition coefficient (Wildman–Crippen LogP) is 3.32. The van der Waals surface area contributed by atoms with Gasteiger partial charge in [0.15, 0.2) is 11.5 Å². The van der Waals surface area contributed by atoms with Crippen LogP contribution in [0.5, 0.6) is 11.5 Å². The molecule has 0 bridgehead atoms. The molecule has 2 aliphatic rings. The lowest BCUT2D eigenvalue weighted by Crippen LogP contribution is -2.50. The zero-order valence-electron chi connectivity index (χ0n) is 14.3. The van der Waals surface area contributed by atoms with Gasteiger partial charge in [-0.25, -0.2) is 0 Å². The number of amides is 2. The zero-order valence-corrected chi connectivity index (χ0v) is 15.8. The molecule has 140 valence electrons. The third kappa shape index (κ3) is 3.55. The number of halogens is 2. The Morgan fingerprint density at radius 2 is 1.48 bits per heavy atom. The van der Waals surface area contributed by atoms with E-state index in [2.05, 4.69) is 0 Å². The molecule has 0 radical (unpaired) electrons. The van der Waals surface area contributed by atoms with E-state index in [-0.39, 0.29) is 18.6 Å². The molecule has 0 N–H and O–H groups in total. The molecule has 2 aromatic rings. The van der Waals surface area contributed by atoms with Crippen LogP contribution in [0, 0.1) is 0 Å². The van der Waals surface area contributed by atoms with Crippen LogP contribution in [0.1, 0.15) is 20.7 Å². The maximum Gasteiger partial charge on any atom is 0.257 e. The number of carbonyl (C=O) groups excluding carboxylic acids is 2. The average molecular weight is 407 g/mol. The maximum atomic E-state index is 12.8. The summed E-state index contributed by atoms with van der Waals surface area (Å²) in [7, 11) is 0. The highest BCUT2D eigenvalue weighted by Crippen LogP contribution is 2.36. The summed E-state index contributed by atoms with van der Waals surface area (Å²) in [4.78, 5) is 28.9. The van der Waals surface area contributed by atoms with Gasteiger partial charge < -0.3 is 19.3 Å². The normalized spacial score (nSPS) is 15.8. The second-order valence-electron chi connectivity index (χ2n) is 6.28. The van der Waals surface area contributed by atoms with E-state index in [1.54, 1.807) is 46.2 Å². The van der Waals surface area contributed by atoms with Gasteiger partial charge in [-0.05, 0) is 30.3 Å². The fraction of sp³-hybridized carbons (Fsp3) is 0.263. The van der Waals surface area contributed by atoms with Crippen LogP contribution in [0.4, 0.5) is 0 Å². The van der Waals surface area contributed by atoms with Gasteiger partial charge in [-0.1, -0.05) is 29.3 Å². The largest absolute Gasteiger partial charge is 0.454 e. The topological polar surface area (TPSA) is 59.1 Å². The maximum absolute atomic E-state index is 12.8. The summed E-state index contributed by atoms with van der Waals surface area (Å²) in [5.41, 5.74) is 0.921. The van der Waals surface area contributed by atoms with Crippen molar-refractivity contribution >= 4 is 35.0 Å². The third-order valence-corrected chi connectivity index (χ3v) is 5.03. The van der Waals surface area contributed by atoms with E-state index < -0.39 is 0 Å². The minimum absolute atomic E-state index is 0.115. The number of ether oxygens (including phenoxy) is 2. The van der Waals surface area contributed by atoms with Gasteiger partial charge in [-0.3, -0.25) is 9.59 Å². The van der Waals surface area contributed by atoms with Crippen LogP contribution in [-0.2, 0) is 0 Å². The first kappa shape index (κ1) is 17.9. The number of hydrogen-bond acceptors (Lipinski definition) is 4. The number of rotatable bonds is 2. The van der Waals surface area contributed by atoms with Crippen LogP contribution in [0.25, 0.3) is 0 Å². The summed E-state index contributed by atoms with van der Waals surface area (Å²) < 4.78 is 10.7. The van der Waals surface area contributed by atoms with E-state index in [9.17, 15) is 9.59 Å². The second-order valence-corrected chi connectivity index (χ2v) is 7.15. The fourth-order valence-electron chi connectivity index (χ4n) is 3.24. The van der Waals surface area contributed by atoms with Crippen molar-refractivity contribution in [2.45, 2.75) is 0 Å². The second kappa shape index (κ2) is 7.29. The van der Waals surface area contributed by atoms with E-state index >= 15 is 0 Å². The molecular weight excluding hydrogens is 391 g/mol. The van der Waals surface area contributed by atoms with Gasteiger partial charge in [-0.15, -0.1) is 0 Å².